The molecule has 0 unspecified atom stereocenters. The lowest BCUT2D eigenvalue weighted by atomic mass is 9.77. The molecule has 0 fully saturated rings. The fraction of sp³-hybridized carbons (Fsp3) is 0.217. The maximum atomic E-state index is 9.96. The average Bonchev–Trinajstić information content (AvgIpc) is 2.52. The number of aromatic hydroxyl groups is 3. The number of phenolic OH excluding ortho intramolecular Hbond substituents is 3. The van der Waals surface area contributed by atoms with E-state index in [9.17, 15) is 15.3 Å². The van der Waals surface area contributed by atoms with Gasteiger partial charge in [0.15, 0.2) is 0 Å². The number of aryl methyl sites for hydroxylation is 4. The van der Waals surface area contributed by atoms with Crippen LogP contribution in [0.15, 0.2) is 48.5 Å². The Bertz CT molecular complexity index is 852. The van der Waals surface area contributed by atoms with E-state index in [1.165, 1.54) is 0 Å². The Kier molecular flexibility index (Phi) is 4.64. The summed E-state index contributed by atoms with van der Waals surface area (Å²) in [4.78, 5) is 0. The molecule has 3 aromatic rings. The topological polar surface area (TPSA) is 60.7 Å². The number of benzene rings is 3. The molecule has 0 aliphatic rings. The highest BCUT2D eigenvalue weighted by Crippen LogP contribution is 2.41. The molecule has 3 N–H and O–H groups in total. The minimum absolute atomic E-state index is 0.0585. The largest absolute Gasteiger partial charge is 0.508 e. The molecule has 3 nitrogen and oxygen atoms in total. The molecule has 0 aromatic heterocycles. The van der Waals surface area contributed by atoms with Gasteiger partial charge in [-0.2, -0.15) is 0 Å². The van der Waals surface area contributed by atoms with E-state index in [2.05, 4.69) is 0 Å². The van der Waals surface area contributed by atoms with Gasteiger partial charge >= 0.3 is 0 Å². The molecule has 0 heterocycles. The summed E-state index contributed by atoms with van der Waals surface area (Å²) in [6.45, 7) is 8.00. The summed E-state index contributed by atoms with van der Waals surface area (Å²) in [5.74, 6) is 0.683. The Morgan fingerprint density at radius 2 is 0.885 bits per heavy atom. The van der Waals surface area contributed by atoms with Crippen molar-refractivity contribution < 1.29 is 15.3 Å². The lowest BCUT2D eigenvalue weighted by molar-refractivity contribution is 0.474. The Morgan fingerprint density at radius 1 is 0.538 bits per heavy atom. The first-order valence-corrected chi connectivity index (χ1v) is 8.67. The summed E-state index contributed by atoms with van der Waals surface area (Å²) >= 11 is 0. The molecule has 3 rings (SSSR count). The quantitative estimate of drug-likeness (QED) is 0.569. The molecule has 0 aliphatic heterocycles. The fourth-order valence-electron chi connectivity index (χ4n) is 3.96. The lowest BCUT2D eigenvalue weighted by Crippen LogP contribution is -2.10. The molecule has 0 atom stereocenters. The molecular weight excluding hydrogens is 324 g/mol. The van der Waals surface area contributed by atoms with Crippen molar-refractivity contribution >= 4 is 0 Å². The third-order valence-electron chi connectivity index (χ3n) is 4.96. The molecule has 0 amide bonds. The summed E-state index contributed by atoms with van der Waals surface area (Å²) < 4.78 is 0. The van der Waals surface area contributed by atoms with Gasteiger partial charge in [0.1, 0.15) is 17.2 Å². The molecule has 0 aliphatic carbocycles. The highest BCUT2D eigenvalue weighted by Gasteiger charge is 2.24. The molecular formula is C23H24O3. The smallest absolute Gasteiger partial charge is 0.116 e. The highest BCUT2D eigenvalue weighted by molar-refractivity contribution is 5.56. The van der Waals surface area contributed by atoms with Crippen LogP contribution in [0.1, 0.15) is 44.9 Å². The van der Waals surface area contributed by atoms with Gasteiger partial charge in [0, 0.05) is 5.92 Å². The maximum Gasteiger partial charge on any atom is 0.116 e. The number of hydrogen-bond acceptors (Lipinski definition) is 3. The monoisotopic (exact) mass is 348 g/mol. The van der Waals surface area contributed by atoms with Crippen molar-refractivity contribution in [2.45, 2.75) is 33.6 Å². The second-order valence-corrected chi connectivity index (χ2v) is 7.01. The zero-order valence-electron chi connectivity index (χ0n) is 15.5. The third kappa shape index (κ3) is 3.25. The van der Waals surface area contributed by atoms with E-state index in [0.29, 0.717) is 0 Å². The standard InChI is InChI=1S/C23H24O3/c1-13-9-19(25)10-14(2)21(13)23(17-5-7-18(24)8-6-17)22-15(3)11-20(26)12-16(22)4/h5-12,23-26H,1-4H3. The van der Waals surface area contributed by atoms with Crippen LogP contribution in [-0.2, 0) is 0 Å². The maximum absolute atomic E-state index is 9.96. The molecule has 26 heavy (non-hydrogen) atoms. The predicted molar refractivity (Wildman–Crippen MR) is 104 cm³/mol. The highest BCUT2D eigenvalue weighted by atomic mass is 16.3. The summed E-state index contributed by atoms with van der Waals surface area (Å²) in [5, 5.41) is 29.6. The van der Waals surface area contributed by atoms with Crippen molar-refractivity contribution in [1.29, 1.82) is 0 Å². The molecule has 3 aromatic carbocycles. The molecule has 0 spiro atoms. The van der Waals surface area contributed by atoms with Crippen LogP contribution in [-0.4, -0.2) is 15.3 Å². The van der Waals surface area contributed by atoms with Crippen LogP contribution in [0.3, 0.4) is 0 Å². The van der Waals surface area contributed by atoms with Gasteiger partial charge in [-0.1, -0.05) is 12.1 Å². The van der Waals surface area contributed by atoms with Crippen LogP contribution in [0, 0.1) is 27.7 Å². The molecule has 0 radical (unpaired) electrons. The molecule has 0 bridgehead atoms. The van der Waals surface area contributed by atoms with Gasteiger partial charge in [-0.3, -0.25) is 0 Å². The van der Waals surface area contributed by atoms with E-state index in [4.69, 9.17) is 0 Å². The van der Waals surface area contributed by atoms with Crippen molar-refractivity contribution in [2.24, 2.45) is 0 Å². The average molecular weight is 348 g/mol. The SMILES string of the molecule is Cc1cc(O)cc(C)c1C(c1ccc(O)cc1)c1c(C)cc(O)cc1C. The van der Waals surface area contributed by atoms with Crippen molar-refractivity contribution in [3.05, 3.63) is 87.5 Å². The predicted octanol–water partition coefficient (Wildman–Crippen LogP) is 5.22. The first kappa shape index (κ1) is 17.9. The van der Waals surface area contributed by atoms with Crippen LogP contribution >= 0.6 is 0 Å². The first-order chi connectivity index (χ1) is 12.3. The number of phenols is 3. The van der Waals surface area contributed by atoms with Gasteiger partial charge in [-0.15, -0.1) is 0 Å². The molecule has 3 heteroatoms. The van der Waals surface area contributed by atoms with Gasteiger partial charge in [-0.05, 0) is 103 Å². The van der Waals surface area contributed by atoms with Crippen molar-refractivity contribution in [1.82, 2.24) is 0 Å². The van der Waals surface area contributed by atoms with Gasteiger partial charge in [0.25, 0.3) is 0 Å². The van der Waals surface area contributed by atoms with Crippen LogP contribution in [0.25, 0.3) is 0 Å². The van der Waals surface area contributed by atoms with Gasteiger partial charge in [0.05, 0.1) is 0 Å². The van der Waals surface area contributed by atoms with Crippen LogP contribution in [0.4, 0.5) is 0 Å². The minimum atomic E-state index is -0.0585. The summed E-state index contributed by atoms with van der Waals surface area (Å²) in [7, 11) is 0. The summed E-state index contributed by atoms with van der Waals surface area (Å²) in [5.41, 5.74) is 7.34. The Balaban J connectivity index is 2.34. The second kappa shape index (κ2) is 6.75. The fourth-order valence-corrected chi connectivity index (χ4v) is 3.96. The van der Waals surface area contributed by atoms with E-state index in [-0.39, 0.29) is 23.2 Å². The van der Waals surface area contributed by atoms with Crippen LogP contribution < -0.4 is 0 Å². The van der Waals surface area contributed by atoms with Crippen molar-refractivity contribution in [3.8, 4) is 17.2 Å². The molecule has 0 saturated heterocycles. The van der Waals surface area contributed by atoms with E-state index in [0.717, 1.165) is 38.9 Å². The Labute approximate surface area is 154 Å². The van der Waals surface area contributed by atoms with Gasteiger partial charge in [-0.25, -0.2) is 0 Å². The summed E-state index contributed by atoms with van der Waals surface area (Å²) in [6, 6.07) is 14.4. The second-order valence-electron chi connectivity index (χ2n) is 7.01. The van der Waals surface area contributed by atoms with E-state index in [1.807, 2.05) is 39.8 Å². The lowest BCUT2D eigenvalue weighted by Gasteiger charge is -2.26. The van der Waals surface area contributed by atoms with Gasteiger partial charge < -0.3 is 15.3 Å². The summed E-state index contributed by atoms with van der Waals surface area (Å²) in [6.07, 6.45) is 0. The zero-order chi connectivity index (χ0) is 19.0. The Hall–Kier alpha value is -2.94. The molecule has 0 saturated carbocycles. The zero-order valence-corrected chi connectivity index (χ0v) is 15.5. The van der Waals surface area contributed by atoms with E-state index < -0.39 is 0 Å². The van der Waals surface area contributed by atoms with E-state index >= 15 is 0 Å². The van der Waals surface area contributed by atoms with Crippen LogP contribution in [0.5, 0.6) is 17.2 Å². The Morgan fingerprint density at radius 3 is 1.23 bits per heavy atom. The van der Waals surface area contributed by atoms with Crippen molar-refractivity contribution in [2.75, 3.05) is 0 Å². The molecule has 134 valence electrons. The normalized spacial score (nSPS) is 11.1. The number of rotatable bonds is 3. The van der Waals surface area contributed by atoms with E-state index in [1.54, 1.807) is 36.4 Å². The minimum Gasteiger partial charge on any atom is -0.508 e. The first-order valence-electron chi connectivity index (χ1n) is 8.67. The van der Waals surface area contributed by atoms with Crippen LogP contribution in [0.2, 0.25) is 0 Å². The van der Waals surface area contributed by atoms with Gasteiger partial charge in [0.2, 0.25) is 0 Å². The van der Waals surface area contributed by atoms with Crippen molar-refractivity contribution in [3.63, 3.8) is 0 Å². The number of hydrogen-bond donors (Lipinski definition) is 3. The third-order valence-corrected chi connectivity index (χ3v) is 4.96.